The maximum atomic E-state index is 11.6. The molecule has 1 rings (SSSR count). The molecule has 0 atom stereocenters. The van der Waals surface area contributed by atoms with E-state index in [0.29, 0.717) is 0 Å². The van der Waals surface area contributed by atoms with Gasteiger partial charge in [0.15, 0.2) is 0 Å². The Morgan fingerprint density at radius 3 is 2.50 bits per heavy atom. The normalized spacial score (nSPS) is 20.8. The van der Waals surface area contributed by atoms with Crippen molar-refractivity contribution in [1.82, 2.24) is 4.90 Å². The van der Waals surface area contributed by atoms with Gasteiger partial charge in [0.1, 0.15) is 0 Å². The SMILES string of the molecule is CC1(C)CCCN(C(=O)C=CC(=O)O)CC1. The number of carboxylic acid groups (broad SMARTS) is 1. The molecule has 0 aliphatic carbocycles. The fraction of sp³-hybridized carbons (Fsp3) is 0.667. The lowest BCUT2D eigenvalue weighted by Crippen LogP contribution is -2.31. The lowest BCUT2D eigenvalue weighted by molar-refractivity contribution is -0.132. The van der Waals surface area contributed by atoms with Crippen molar-refractivity contribution in [1.29, 1.82) is 0 Å². The van der Waals surface area contributed by atoms with E-state index in [1.54, 1.807) is 4.90 Å². The van der Waals surface area contributed by atoms with E-state index >= 15 is 0 Å². The van der Waals surface area contributed by atoms with Crippen molar-refractivity contribution >= 4 is 11.9 Å². The maximum absolute atomic E-state index is 11.6. The number of amides is 1. The average Bonchev–Trinajstić information content (AvgIpc) is 2.35. The Morgan fingerprint density at radius 1 is 1.19 bits per heavy atom. The second kappa shape index (κ2) is 5.14. The Bertz CT molecular complexity index is 307. The van der Waals surface area contributed by atoms with E-state index < -0.39 is 5.97 Å². The van der Waals surface area contributed by atoms with Gasteiger partial charge in [-0.25, -0.2) is 4.79 Å². The Morgan fingerprint density at radius 2 is 1.88 bits per heavy atom. The number of carboxylic acids is 1. The molecule has 0 radical (unpaired) electrons. The Labute approximate surface area is 95.9 Å². The summed E-state index contributed by atoms with van der Waals surface area (Å²) < 4.78 is 0. The van der Waals surface area contributed by atoms with Gasteiger partial charge in [-0.15, -0.1) is 0 Å². The summed E-state index contributed by atoms with van der Waals surface area (Å²) in [5.41, 5.74) is 0.283. The van der Waals surface area contributed by atoms with Crippen LogP contribution in [-0.2, 0) is 9.59 Å². The van der Waals surface area contributed by atoms with E-state index in [4.69, 9.17) is 5.11 Å². The number of hydrogen-bond acceptors (Lipinski definition) is 2. The van der Waals surface area contributed by atoms with Gasteiger partial charge in [-0.3, -0.25) is 4.79 Å². The predicted molar refractivity (Wildman–Crippen MR) is 61.0 cm³/mol. The summed E-state index contributed by atoms with van der Waals surface area (Å²) in [5, 5.41) is 8.44. The predicted octanol–water partition coefficient (Wildman–Crippen LogP) is 1.67. The topological polar surface area (TPSA) is 57.6 Å². The summed E-state index contributed by atoms with van der Waals surface area (Å²) >= 11 is 0. The van der Waals surface area contributed by atoms with Crippen LogP contribution in [0.3, 0.4) is 0 Å². The molecule has 1 amide bonds. The highest BCUT2D eigenvalue weighted by Gasteiger charge is 2.24. The van der Waals surface area contributed by atoms with E-state index in [-0.39, 0.29) is 11.3 Å². The van der Waals surface area contributed by atoms with Crippen LogP contribution in [0.25, 0.3) is 0 Å². The smallest absolute Gasteiger partial charge is 0.328 e. The van der Waals surface area contributed by atoms with Gasteiger partial charge in [0.25, 0.3) is 0 Å². The molecule has 1 saturated heterocycles. The van der Waals surface area contributed by atoms with Crippen molar-refractivity contribution < 1.29 is 14.7 Å². The summed E-state index contributed by atoms with van der Waals surface area (Å²) in [6.45, 7) is 5.85. The summed E-state index contributed by atoms with van der Waals surface area (Å²) in [4.78, 5) is 23.7. The number of rotatable bonds is 2. The molecule has 1 aliphatic heterocycles. The molecule has 1 aliphatic rings. The highest BCUT2D eigenvalue weighted by Crippen LogP contribution is 2.29. The highest BCUT2D eigenvalue weighted by molar-refractivity contribution is 5.93. The van der Waals surface area contributed by atoms with Crippen molar-refractivity contribution in [2.75, 3.05) is 13.1 Å². The largest absolute Gasteiger partial charge is 0.478 e. The molecular weight excluding hydrogens is 206 g/mol. The molecule has 4 nitrogen and oxygen atoms in total. The van der Waals surface area contributed by atoms with Crippen LogP contribution in [0.4, 0.5) is 0 Å². The van der Waals surface area contributed by atoms with Gasteiger partial charge in [-0.1, -0.05) is 13.8 Å². The molecular formula is C12H19NO3. The molecule has 0 unspecified atom stereocenters. The lowest BCUT2D eigenvalue weighted by atomic mass is 9.85. The van der Waals surface area contributed by atoms with E-state index in [0.717, 1.165) is 44.5 Å². The monoisotopic (exact) mass is 225 g/mol. The Kier molecular flexibility index (Phi) is 4.10. The van der Waals surface area contributed by atoms with Crippen LogP contribution in [0.2, 0.25) is 0 Å². The molecule has 90 valence electrons. The van der Waals surface area contributed by atoms with Crippen LogP contribution in [0, 0.1) is 5.41 Å². The molecule has 0 aromatic heterocycles. The minimum absolute atomic E-state index is 0.194. The molecule has 0 bridgehead atoms. The quantitative estimate of drug-likeness (QED) is 0.727. The lowest BCUT2D eigenvalue weighted by Gasteiger charge is -2.22. The fourth-order valence-electron chi connectivity index (χ4n) is 1.89. The molecule has 4 heteroatoms. The van der Waals surface area contributed by atoms with E-state index in [1.165, 1.54) is 0 Å². The number of carbonyl (C=O) groups is 2. The van der Waals surface area contributed by atoms with Crippen LogP contribution in [-0.4, -0.2) is 35.0 Å². The van der Waals surface area contributed by atoms with Gasteiger partial charge in [-0.05, 0) is 24.7 Å². The average molecular weight is 225 g/mol. The van der Waals surface area contributed by atoms with Crippen molar-refractivity contribution in [2.24, 2.45) is 5.41 Å². The van der Waals surface area contributed by atoms with Gasteiger partial charge in [0.05, 0.1) is 0 Å². The standard InChI is InChI=1S/C12H19NO3/c1-12(2)6-3-8-13(9-7-12)10(14)4-5-11(15)16/h4-5H,3,6-9H2,1-2H3,(H,15,16). The molecule has 1 heterocycles. The first-order chi connectivity index (χ1) is 7.41. The highest BCUT2D eigenvalue weighted by atomic mass is 16.4. The maximum Gasteiger partial charge on any atom is 0.328 e. The van der Waals surface area contributed by atoms with Crippen molar-refractivity contribution in [3.8, 4) is 0 Å². The summed E-state index contributed by atoms with van der Waals surface area (Å²) in [6.07, 6.45) is 5.11. The Hall–Kier alpha value is -1.32. The summed E-state index contributed by atoms with van der Waals surface area (Å²) in [5.74, 6) is -1.27. The number of aliphatic carboxylic acids is 1. The molecule has 1 fully saturated rings. The summed E-state index contributed by atoms with van der Waals surface area (Å²) in [6, 6.07) is 0. The zero-order valence-electron chi connectivity index (χ0n) is 9.90. The van der Waals surface area contributed by atoms with Crippen LogP contribution >= 0.6 is 0 Å². The Balaban J connectivity index is 2.55. The fourth-order valence-corrected chi connectivity index (χ4v) is 1.89. The minimum atomic E-state index is -1.08. The first-order valence-electron chi connectivity index (χ1n) is 5.61. The number of hydrogen-bond donors (Lipinski definition) is 1. The molecule has 0 saturated carbocycles. The number of nitrogens with zero attached hydrogens (tertiary/aromatic N) is 1. The third kappa shape index (κ3) is 4.04. The van der Waals surface area contributed by atoms with Crippen molar-refractivity contribution in [3.63, 3.8) is 0 Å². The minimum Gasteiger partial charge on any atom is -0.478 e. The number of carbonyl (C=O) groups excluding carboxylic acids is 1. The molecule has 0 aromatic rings. The van der Waals surface area contributed by atoms with E-state index in [2.05, 4.69) is 13.8 Å². The molecule has 16 heavy (non-hydrogen) atoms. The molecule has 1 N–H and O–H groups in total. The van der Waals surface area contributed by atoms with Crippen LogP contribution in [0.5, 0.6) is 0 Å². The second-order valence-corrected chi connectivity index (χ2v) is 5.01. The zero-order valence-corrected chi connectivity index (χ0v) is 9.90. The van der Waals surface area contributed by atoms with Crippen LogP contribution in [0.1, 0.15) is 33.1 Å². The van der Waals surface area contributed by atoms with E-state index in [9.17, 15) is 9.59 Å². The van der Waals surface area contributed by atoms with Gasteiger partial charge >= 0.3 is 5.97 Å². The first-order valence-corrected chi connectivity index (χ1v) is 5.61. The summed E-state index contributed by atoms with van der Waals surface area (Å²) in [7, 11) is 0. The first kappa shape index (κ1) is 12.7. The van der Waals surface area contributed by atoms with Gasteiger partial charge < -0.3 is 10.0 Å². The van der Waals surface area contributed by atoms with Gasteiger partial charge in [0, 0.05) is 25.2 Å². The second-order valence-electron chi connectivity index (χ2n) is 5.01. The third-order valence-electron chi connectivity index (χ3n) is 3.02. The van der Waals surface area contributed by atoms with Crippen LogP contribution < -0.4 is 0 Å². The third-order valence-corrected chi connectivity index (χ3v) is 3.02. The molecule has 0 aromatic carbocycles. The molecule has 0 spiro atoms. The number of likely N-dealkylation sites (tertiary alicyclic amines) is 1. The van der Waals surface area contributed by atoms with E-state index in [1.807, 2.05) is 0 Å². The van der Waals surface area contributed by atoms with Gasteiger partial charge in [0.2, 0.25) is 5.91 Å². The van der Waals surface area contributed by atoms with Crippen LogP contribution in [0.15, 0.2) is 12.2 Å². The zero-order chi connectivity index (χ0) is 12.2. The van der Waals surface area contributed by atoms with Gasteiger partial charge in [-0.2, -0.15) is 0 Å². The van der Waals surface area contributed by atoms with Crippen molar-refractivity contribution in [2.45, 2.75) is 33.1 Å². The van der Waals surface area contributed by atoms with Crippen molar-refractivity contribution in [3.05, 3.63) is 12.2 Å².